The highest BCUT2D eigenvalue weighted by Crippen LogP contribution is 2.02. The molecule has 0 radical (unpaired) electrons. The molecule has 0 aliphatic heterocycles. The number of carbonyl (C=O) groups excluding carboxylic acids is 1. The average Bonchev–Trinajstić information content (AvgIpc) is 3.04. The average molecular weight is 320 g/mol. The summed E-state index contributed by atoms with van der Waals surface area (Å²) in [5.74, 6) is 6.63. The van der Waals surface area contributed by atoms with E-state index < -0.39 is 6.09 Å². The molecule has 0 unspecified atom stereocenters. The van der Waals surface area contributed by atoms with E-state index in [-0.39, 0.29) is 6.61 Å². The van der Waals surface area contributed by atoms with E-state index in [1.54, 1.807) is 12.4 Å². The Kier molecular flexibility index (Phi) is 5.05. The van der Waals surface area contributed by atoms with Gasteiger partial charge in [0, 0.05) is 25.4 Å². The second-order valence-corrected chi connectivity index (χ2v) is 4.97. The number of carbonyl (C=O) groups is 1. The van der Waals surface area contributed by atoms with Crippen molar-refractivity contribution in [1.82, 2.24) is 19.7 Å². The zero-order chi connectivity index (χ0) is 16.6. The summed E-state index contributed by atoms with van der Waals surface area (Å²) >= 11 is 0. The molecular formula is C18H16N4O2. The number of nitrogens with zero attached hydrogens (tertiary/aromatic N) is 3. The van der Waals surface area contributed by atoms with Crippen molar-refractivity contribution in [1.29, 1.82) is 0 Å². The predicted octanol–water partition coefficient (Wildman–Crippen LogP) is 2.40. The number of imidazole rings is 1. The standard InChI is InChI=1S/C18H16N4O2/c23-18(24-14-15-7-2-1-3-8-15)20-10-5-4-9-16-13-21-17-19-11-6-12-22(16)17/h1-3,6-8,11-13H,5,10,14H2,(H,20,23). The van der Waals surface area contributed by atoms with Crippen molar-refractivity contribution in [3.8, 4) is 11.8 Å². The van der Waals surface area contributed by atoms with Gasteiger partial charge in [-0.2, -0.15) is 0 Å². The second-order valence-electron chi connectivity index (χ2n) is 4.97. The summed E-state index contributed by atoms with van der Waals surface area (Å²) in [6, 6.07) is 11.4. The summed E-state index contributed by atoms with van der Waals surface area (Å²) in [4.78, 5) is 19.9. The van der Waals surface area contributed by atoms with Crippen LogP contribution in [0.1, 0.15) is 17.7 Å². The Hall–Kier alpha value is -3.33. The molecule has 0 bridgehead atoms. The highest BCUT2D eigenvalue weighted by molar-refractivity contribution is 5.67. The van der Waals surface area contributed by atoms with Gasteiger partial charge in [-0.15, -0.1) is 0 Å². The van der Waals surface area contributed by atoms with Crippen LogP contribution < -0.4 is 5.32 Å². The maximum Gasteiger partial charge on any atom is 0.407 e. The molecule has 120 valence electrons. The molecule has 0 spiro atoms. The summed E-state index contributed by atoms with van der Waals surface area (Å²) < 4.78 is 6.93. The number of hydrogen-bond acceptors (Lipinski definition) is 4. The lowest BCUT2D eigenvalue weighted by atomic mass is 10.2. The van der Waals surface area contributed by atoms with Gasteiger partial charge in [-0.1, -0.05) is 36.3 Å². The van der Waals surface area contributed by atoms with Gasteiger partial charge >= 0.3 is 6.09 Å². The summed E-state index contributed by atoms with van der Waals surface area (Å²) in [5.41, 5.74) is 1.72. The molecule has 1 N–H and O–H groups in total. The van der Waals surface area contributed by atoms with Crippen LogP contribution in [0.5, 0.6) is 0 Å². The van der Waals surface area contributed by atoms with Crippen molar-refractivity contribution < 1.29 is 9.53 Å². The number of rotatable bonds is 4. The van der Waals surface area contributed by atoms with Gasteiger partial charge in [-0.3, -0.25) is 4.40 Å². The van der Waals surface area contributed by atoms with Gasteiger partial charge in [0.15, 0.2) is 0 Å². The van der Waals surface area contributed by atoms with Crippen LogP contribution in [0.2, 0.25) is 0 Å². The Morgan fingerprint density at radius 3 is 2.96 bits per heavy atom. The Morgan fingerprint density at radius 2 is 2.08 bits per heavy atom. The van der Waals surface area contributed by atoms with E-state index >= 15 is 0 Å². The minimum Gasteiger partial charge on any atom is -0.445 e. The van der Waals surface area contributed by atoms with Gasteiger partial charge in [0.25, 0.3) is 0 Å². The number of hydrogen-bond donors (Lipinski definition) is 1. The van der Waals surface area contributed by atoms with Crippen LogP contribution in [0, 0.1) is 11.8 Å². The van der Waals surface area contributed by atoms with Gasteiger partial charge in [-0.25, -0.2) is 14.8 Å². The monoisotopic (exact) mass is 320 g/mol. The van der Waals surface area contributed by atoms with Crippen LogP contribution >= 0.6 is 0 Å². The smallest absolute Gasteiger partial charge is 0.407 e. The fourth-order valence-corrected chi connectivity index (χ4v) is 2.07. The first-order chi connectivity index (χ1) is 11.8. The summed E-state index contributed by atoms with van der Waals surface area (Å²) in [6.45, 7) is 0.683. The van der Waals surface area contributed by atoms with Crippen molar-refractivity contribution in [2.75, 3.05) is 6.54 Å². The maximum absolute atomic E-state index is 11.6. The van der Waals surface area contributed by atoms with Gasteiger partial charge in [0.1, 0.15) is 12.3 Å². The van der Waals surface area contributed by atoms with Crippen molar-refractivity contribution in [3.05, 3.63) is 66.2 Å². The fourth-order valence-electron chi connectivity index (χ4n) is 2.07. The molecule has 3 rings (SSSR count). The largest absolute Gasteiger partial charge is 0.445 e. The highest BCUT2D eigenvalue weighted by atomic mass is 16.5. The van der Waals surface area contributed by atoms with Crippen molar-refractivity contribution in [2.45, 2.75) is 13.0 Å². The van der Waals surface area contributed by atoms with E-state index in [2.05, 4.69) is 27.1 Å². The van der Waals surface area contributed by atoms with E-state index in [0.717, 1.165) is 11.3 Å². The minimum absolute atomic E-state index is 0.257. The van der Waals surface area contributed by atoms with Gasteiger partial charge in [0.05, 0.1) is 6.20 Å². The molecule has 1 amide bonds. The lowest BCUT2D eigenvalue weighted by Crippen LogP contribution is -2.24. The number of fused-ring (bicyclic) bond motifs is 1. The highest BCUT2D eigenvalue weighted by Gasteiger charge is 2.01. The van der Waals surface area contributed by atoms with Crippen LogP contribution in [0.3, 0.4) is 0 Å². The van der Waals surface area contributed by atoms with Crippen molar-refractivity contribution in [3.63, 3.8) is 0 Å². The lowest BCUT2D eigenvalue weighted by molar-refractivity contribution is 0.140. The molecule has 6 nitrogen and oxygen atoms in total. The van der Waals surface area contributed by atoms with Gasteiger partial charge in [-0.05, 0) is 17.6 Å². The summed E-state index contributed by atoms with van der Waals surface area (Å²) in [7, 11) is 0. The lowest BCUT2D eigenvalue weighted by Gasteiger charge is -2.05. The first kappa shape index (κ1) is 15.6. The maximum atomic E-state index is 11.6. The van der Waals surface area contributed by atoms with E-state index in [0.29, 0.717) is 18.7 Å². The number of aromatic nitrogens is 3. The zero-order valence-electron chi connectivity index (χ0n) is 13.0. The SMILES string of the molecule is O=C(NCCC#Cc1cnc2ncccn12)OCc1ccccc1. The molecule has 6 heteroatoms. The molecule has 0 fully saturated rings. The molecule has 2 aromatic heterocycles. The Balaban J connectivity index is 1.42. The Morgan fingerprint density at radius 1 is 1.21 bits per heavy atom. The third-order valence-electron chi connectivity index (χ3n) is 3.24. The van der Waals surface area contributed by atoms with E-state index in [1.165, 1.54) is 0 Å². The molecule has 1 aromatic carbocycles. The molecule has 0 aliphatic rings. The number of ether oxygens (including phenoxy) is 1. The Labute approximate surface area is 139 Å². The quantitative estimate of drug-likeness (QED) is 0.592. The zero-order valence-corrected chi connectivity index (χ0v) is 13.0. The molecule has 0 aliphatic carbocycles. The van der Waals surface area contributed by atoms with Gasteiger partial charge < -0.3 is 10.1 Å². The van der Waals surface area contributed by atoms with E-state index in [9.17, 15) is 4.79 Å². The summed E-state index contributed by atoms with van der Waals surface area (Å²) in [5, 5.41) is 2.67. The minimum atomic E-state index is -0.445. The second kappa shape index (κ2) is 7.79. The number of alkyl carbamates (subject to hydrolysis) is 1. The van der Waals surface area contributed by atoms with Crippen molar-refractivity contribution >= 4 is 11.9 Å². The van der Waals surface area contributed by atoms with E-state index in [4.69, 9.17) is 4.74 Å². The number of nitrogens with one attached hydrogen (secondary N) is 1. The summed E-state index contributed by atoms with van der Waals surface area (Å²) in [6.07, 6.45) is 5.30. The molecule has 0 saturated carbocycles. The van der Waals surface area contributed by atoms with Crippen LogP contribution in [0.15, 0.2) is 55.0 Å². The van der Waals surface area contributed by atoms with Crippen molar-refractivity contribution in [2.24, 2.45) is 0 Å². The molecule has 0 atom stereocenters. The first-order valence-electron chi connectivity index (χ1n) is 7.54. The van der Waals surface area contributed by atoms with Crippen LogP contribution in [-0.2, 0) is 11.3 Å². The molecular weight excluding hydrogens is 304 g/mol. The third-order valence-corrected chi connectivity index (χ3v) is 3.24. The normalized spacial score (nSPS) is 10.0. The molecule has 0 saturated heterocycles. The fraction of sp³-hybridized carbons (Fsp3) is 0.167. The van der Waals surface area contributed by atoms with Gasteiger partial charge in [0.2, 0.25) is 5.78 Å². The number of amides is 1. The topological polar surface area (TPSA) is 68.5 Å². The van der Waals surface area contributed by atoms with Crippen LogP contribution in [0.25, 0.3) is 5.78 Å². The molecule has 3 aromatic rings. The van der Waals surface area contributed by atoms with E-state index in [1.807, 2.05) is 47.0 Å². The molecule has 24 heavy (non-hydrogen) atoms. The first-order valence-corrected chi connectivity index (χ1v) is 7.54. The third kappa shape index (κ3) is 4.11. The van der Waals surface area contributed by atoms with Crippen LogP contribution in [-0.4, -0.2) is 27.0 Å². The molecule has 2 heterocycles. The van der Waals surface area contributed by atoms with Crippen LogP contribution in [0.4, 0.5) is 4.79 Å². The Bertz CT molecular complexity index is 878. The predicted molar refractivity (Wildman–Crippen MR) is 89.1 cm³/mol. The number of benzene rings is 1.